The molecule has 0 aliphatic carbocycles. The van der Waals surface area contributed by atoms with Gasteiger partial charge in [-0.2, -0.15) is 0 Å². The van der Waals surface area contributed by atoms with Crippen LogP contribution in [0, 0.1) is 0 Å². The number of anilines is 3. The Bertz CT molecular complexity index is 1020. The van der Waals surface area contributed by atoms with Gasteiger partial charge in [0.25, 0.3) is 0 Å². The second-order valence-electron chi connectivity index (χ2n) is 6.82. The van der Waals surface area contributed by atoms with E-state index in [4.69, 9.17) is 28.9 Å². The van der Waals surface area contributed by atoms with E-state index in [2.05, 4.69) is 41.4 Å². The fraction of sp³-hybridized carbons (Fsp3) is 0.238. The SMILES string of the molecule is CN(C)CCCSc1cccc(Nc2nc(N)c(C(=O)c3c(Cl)cccc3Cl)s2)c1. The minimum atomic E-state index is -0.334. The van der Waals surface area contributed by atoms with Crippen LogP contribution in [0.25, 0.3) is 0 Å². The molecule has 158 valence electrons. The predicted octanol–water partition coefficient (Wildman–Crippen LogP) is 6.05. The predicted molar refractivity (Wildman–Crippen MR) is 130 cm³/mol. The van der Waals surface area contributed by atoms with Crippen LogP contribution in [0.5, 0.6) is 0 Å². The van der Waals surface area contributed by atoms with Crippen molar-refractivity contribution in [1.82, 2.24) is 9.88 Å². The topological polar surface area (TPSA) is 71.2 Å². The molecule has 0 unspecified atom stereocenters. The molecular weight excluding hydrogens is 459 g/mol. The third-order valence-electron chi connectivity index (χ3n) is 4.15. The number of rotatable bonds is 9. The molecule has 0 amide bonds. The first kappa shape index (κ1) is 22.9. The van der Waals surface area contributed by atoms with E-state index < -0.39 is 0 Å². The summed E-state index contributed by atoms with van der Waals surface area (Å²) in [7, 11) is 4.15. The number of ketones is 1. The van der Waals surface area contributed by atoms with Crippen LogP contribution >= 0.6 is 46.3 Å². The Morgan fingerprint density at radius 1 is 1.20 bits per heavy atom. The summed E-state index contributed by atoms with van der Waals surface area (Å²) in [5.74, 6) is 0.861. The number of halogens is 2. The number of carbonyl (C=O) groups excluding carboxylic acids is 1. The normalized spacial score (nSPS) is 11.1. The average Bonchev–Trinajstić information content (AvgIpc) is 3.05. The smallest absolute Gasteiger partial charge is 0.209 e. The molecule has 2 aromatic carbocycles. The summed E-state index contributed by atoms with van der Waals surface area (Å²) in [5.41, 5.74) is 7.13. The number of aromatic nitrogens is 1. The van der Waals surface area contributed by atoms with Gasteiger partial charge in [-0.1, -0.05) is 46.7 Å². The summed E-state index contributed by atoms with van der Waals surface area (Å²) in [6, 6.07) is 13.0. The van der Waals surface area contributed by atoms with Crippen molar-refractivity contribution in [3.8, 4) is 0 Å². The van der Waals surface area contributed by atoms with Crippen molar-refractivity contribution in [3.05, 3.63) is 63.0 Å². The quantitative estimate of drug-likeness (QED) is 0.220. The number of hydrogen-bond acceptors (Lipinski definition) is 7. The van der Waals surface area contributed by atoms with Gasteiger partial charge in [0.2, 0.25) is 5.78 Å². The molecule has 0 aliphatic rings. The van der Waals surface area contributed by atoms with E-state index in [1.807, 2.05) is 23.9 Å². The van der Waals surface area contributed by atoms with Crippen molar-refractivity contribution in [2.24, 2.45) is 0 Å². The molecule has 3 rings (SSSR count). The van der Waals surface area contributed by atoms with Crippen LogP contribution in [-0.2, 0) is 0 Å². The summed E-state index contributed by atoms with van der Waals surface area (Å²) in [4.78, 5) is 20.9. The zero-order valence-corrected chi connectivity index (χ0v) is 19.8. The van der Waals surface area contributed by atoms with Crippen LogP contribution in [0.1, 0.15) is 21.7 Å². The van der Waals surface area contributed by atoms with Crippen LogP contribution in [0.4, 0.5) is 16.6 Å². The minimum Gasteiger partial charge on any atom is -0.382 e. The molecule has 9 heteroatoms. The third kappa shape index (κ3) is 5.89. The number of nitrogen functional groups attached to an aromatic ring is 1. The Labute approximate surface area is 194 Å². The number of nitrogens with one attached hydrogen (secondary N) is 1. The summed E-state index contributed by atoms with van der Waals surface area (Å²) >= 11 is 15.3. The van der Waals surface area contributed by atoms with Crippen LogP contribution in [-0.4, -0.2) is 42.1 Å². The van der Waals surface area contributed by atoms with E-state index in [1.165, 1.54) is 16.2 Å². The molecule has 0 saturated carbocycles. The Morgan fingerprint density at radius 3 is 2.60 bits per heavy atom. The van der Waals surface area contributed by atoms with E-state index in [0.717, 1.165) is 24.4 Å². The molecule has 0 fully saturated rings. The maximum Gasteiger partial charge on any atom is 0.209 e. The molecule has 0 bridgehead atoms. The van der Waals surface area contributed by atoms with Gasteiger partial charge in [0.05, 0.1) is 15.6 Å². The molecule has 3 N–H and O–H groups in total. The number of hydrogen-bond donors (Lipinski definition) is 2. The molecule has 5 nitrogen and oxygen atoms in total. The molecule has 0 aliphatic heterocycles. The summed E-state index contributed by atoms with van der Waals surface area (Å²) in [6.45, 7) is 1.07. The molecule has 0 spiro atoms. The molecule has 1 aromatic heterocycles. The van der Waals surface area contributed by atoms with Gasteiger partial charge in [0.15, 0.2) is 5.13 Å². The lowest BCUT2D eigenvalue weighted by Gasteiger charge is -2.09. The lowest BCUT2D eigenvalue weighted by molar-refractivity contribution is 0.104. The van der Waals surface area contributed by atoms with Crippen LogP contribution in [0.3, 0.4) is 0 Å². The lowest BCUT2D eigenvalue weighted by atomic mass is 10.1. The van der Waals surface area contributed by atoms with Crippen molar-refractivity contribution in [3.63, 3.8) is 0 Å². The number of carbonyl (C=O) groups is 1. The minimum absolute atomic E-state index is 0.151. The first-order valence-electron chi connectivity index (χ1n) is 9.25. The Balaban J connectivity index is 1.72. The summed E-state index contributed by atoms with van der Waals surface area (Å²) < 4.78 is 0. The fourth-order valence-electron chi connectivity index (χ4n) is 2.73. The molecule has 0 atom stereocenters. The number of benzene rings is 2. The highest BCUT2D eigenvalue weighted by Crippen LogP contribution is 2.34. The zero-order chi connectivity index (χ0) is 21.7. The van der Waals surface area contributed by atoms with Crippen molar-refractivity contribution in [2.45, 2.75) is 11.3 Å². The van der Waals surface area contributed by atoms with Gasteiger partial charge in [-0.25, -0.2) is 4.98 Å². The highest BCUT2D eigenvalue weighted by Gasteiger charge is 2.22. The van der Waals surface area contributed by atoms with E-state index >= 15 is 0 Å². The lowest BCUT2D eigenvalue weighted by Crippen LogP contribution is -2.13. The van der Waals surface area contributed by atoms with E-state index in [9.17, 15) is 4.79 Å². The maximum atomic E-state index is 12.9. The Kier molecular flexibility index (Phi) is 8.02. The highest BCUT2D eigenvalue weighted by atomic mass is 35.5. The Hall–Kier alpha value is -1.77. The molecule has 3 aromatic rings. The molecule has 30 heavy (non-hydrogen) atoms. The van der Waals surface area contributed by atoms with Crippen molar-refractivity contribution in [1.29, 1.82) is 0 Å². The monoisotopic (exact) mass is 480 g/mol. The van der Waals surface area contributed by atoms with Gasteiger partial charge in [0, 0.05) is 10.6 Å². The molecule has 0 saturated heterocycles. The zero-order valence-electron chi connectivity index (χ0n) is 16.6. The van der Waals surface area contributed by atoms with Crippen molar-refractivity contribution in [2.75, 3.05) is 37.4 Å². The largest absolute Gasteiger partial charge is 0.382 e. The van der Waals surface area contributed by atoms with Gasteiger partial charge in [-0.15, -0.1) is 11.8 Å². The van der Waals surface area contributed by atoms with Crippen LogP contribution in [0.15, 0.2) is 47.4 Å². The standard InChI is InChI=1S/C21H22Cl2N4OS2/c1-27(2)10-5-11-29-14-7-3-6-13(12-14)25-21-26-20(24)19(30-21)18(28)17-15(22)8-4-9-16(17)23/h3-4,6-9,12H,5,10-11,24H2,1-2H3,(H,25,26). The molecular formula is C21H22Cl2N4OS2. The second-order valence-corrected chi connectivity index (χ2v) is 9.80. The average molecular weight is 481 g/mol. The number of thioether (sulfide) groups is 1. The van der Waals surface area contributed by atoms with Gasteiger partial charge in [-0.05, 0) is 63.1 Å². The van der Waals surface area contributed by atoms with Crippen molar-refractivity contribution < 1.29 is 4.79 Å². The number of nitrogens with zero attached hydrogens (tertiary/aromatic N) is 2. The van der Waals surface area contributed by atoms with Crippen LogP contribution < -0.4 is 11.1 Å². The van der Waals surface area contributed by atoms with Gasteiger partial charge in [-0.3, -0.25) is 4.79 Å². The third-order valence-corrected chi connectivity index (χ3v) is 6.85. The fourth-order valence-corrected chi connectivity index (χ4v) is 5.05. The highest BCUT2D eigenvalue weighted by molar-refractivity contribution is 7.99. The van der Waals surface area contributed by atoms with Crippen molar-refractivity contribution >= 4 is 68.7 Å². The van der Waals surface area contributed by atoms with Gasteiger partial charge >= 0.3 is 0 Å². The second kappa shape index (κ2) is 10.5. The van der Waals surface area contributed by atoms with E-state index in [-0.39, 0.29) is 27.2 Å². The number of thiazole rings is 1. The summed E-state index contributed by atoms with van der Waals surface area (Å²) in [6.07, 6.45) is 1.12. The number of nitrogens with two attached hydrogens (primary N) is 1. The first-order valence-corrected chi connectivity index (χ1v) is 11.8. The van der Waals surface area contributed by atoms with E-state index in [1.54, 1.807) is 18.2 Å². The van der Waals surface area contributed by atoms with Gasteiger partial charge < -0.3 is 16.0 Å². The summed E-state index contributed by atoms with van der Waals surface area (Å²) in [5, 5.41) is 4.35. The van der Waals surface area contributed by atoms with E-state index in [0.29, 0.717) is 10.0 Å². The maximum absolute atomic E-state index is 12.9. The van der Waals surface area contributed by atoms with Crippen LogP contribution in [0.2, 0.25) is 10.0 Å². The Morgan fingerprint density at radius 2 is 1.90 bits per heavy atom. The first-order chi connectivity index (χ1) is 14.3. The molecule has 0 radical (unpaired) electrons. The molecule has 1 heterocycles. The van der Waals surface area contributed by atoms with Gasteiger partial charge in [0.1, 0.15) is 10.7 Å².